The molecule has 0 aromatic heterocycles. The maximum absolute atomic E-state index is 13.5. The highest BCUT2D eigenvalue weighted by atomic mass is 19.3. The Bertz CT molecular complexity index is 741. The number of urea groups is 1. The first-order valence-corrected chi connectivity index (χ1v) is 8.30. The van der Waals surface area contributed by atoms with Gasteiger partial charge >= 0.3 is 12.6 Å². The van der Waals surface area contributed by atoms with Crippen LogP contribution in [0.1, 0.15) is 18.5 Å². The van der Waals surface area contributed by atoms with Crippen molar-refractivity contribution in [3.8, 4) is 11.5 Å². The van der Waals surface area contributed by atoms with E-state index in [2.05, 4.69) is 10.1 Å². The molecule has 27 heavy (non-hydrogen) atoms. The predicted molar refractivity (Wildman–Crippen MR) is 94.5 cm³/mol. The summed E-state index contributed by atoms with van der Waals surface area (Å²) < 4.78 is 47.4. The lowest BCUT2D eigenvalue weighted by Crippen LogP contribution is -2.40. The van der Waals surface area contributed by atoms with Gasteiger partial charge in [-0.15, -0.1) is 0 Å². The maximum atomic E-state index is 13.5. The van der Waals surface area contributed by atoms with Crippen LogP contribution < -0.4 is 14.8 Å². The van der Waals surface area contributed by atoms with E-state index >= 15 is 0 Å². The summed E-state index contributed by atoms with van der Waals surface area (Å²) in [6, 6.07) is 11.4. The minimum atomic E-state index is -2.88. The number of carbonyl (C=O) groups is 1. The van der Waals surface area contributed by atoms with Gasteiger partial charge in [-0.05, 0) is 36.8 Å². The van der Waals surface area contributed by atoms with Crippen molar-refractivity contribution < 1.29 is 27.4 Å². The molecule has 0 heterocycles. The highest BCUT2D eigenvalue weighted by Gasteiger charge is 2.14. The van der Waals surface area contributed by atoms with E-state index in [9.17, 15) is 18.0 Å². The molecule has 8 heteroatoms. The van der Waals surface area contributed by atoms with Crippen LogP contribution >= 0.6 is 0 Å². The Balaban J connectivity index is 1.80. The molecule has 1 unspecified atom stereocenters. The molecule has 2 aromatic carbocycles. The van der Waals surface area contributed by atoms with Crippen LogP contribution in [0.2, 0.25) is 0 Å². The second kappa shape index (κ2) is 9.70. The molecule has 0 aliphatic carbocycles. The van der Waals surface area contributed by atoms with Crippen LogP contribution in [0.4, 0.5) is 18.0 Å². The first kappa shape index (κ1) is 20.4. The molecule has 0 saturated heterocycles. The minimum Gasteiger partial charge on any atom is -0.489 e. The largest absolute Gasteiger partial charge is 0.489 e. The van der Waals surface area contributed by atoms with Crippen LogP contribution in [0.25, 0.3) is 0 Å². The molecule has 0 aliphatic rings. The van der Waals surface area contributed by atoms with Gasteiger partial charge in [0.2, 0.25) is 0 Å². The number of nitrogens with one attached hydrogen (secondary N) is 1. The Morgan fingerprint density at radius 2 is 1.81 bits per heavy atom. The van der Waals surface area contributed by atoms with Crippen molar-refractivity contribution in [1.82, 2.24) is 10.2 Å². The number of para-hydroxylation sites is 1. The second-order valence-electron chi connectivity index (χ2n) is 5.82. The average molecular weight is 382 g/mol. The summed E-state index contributed by atoms with van der Waals surface area (Å²) in [5.74, 6) is -0.280. The van der Waals surface area contributed by atoms with Crippen molar-refractivity contribution in [2.45, 2.75) is 19.6 Å². The van der Waals surface area contributed by atoms with Crippen molar-refractivity contribution in [3.63, 3.8) is 0 Å². The van der Waals surface area contributed by atoms with Crippen molar-refractivity contribution in [1.29, 1.82) is 0 Å². The molecule has 0 aliphatic heterocycles. The number of carbonyl (C=O) groups excluding carboxylic acids is 1. The maximum Gasteiger partial charge on any atom is 0.387 e. The molecular weight excluding hydrogens is 361 g/mol. The lowest BCUT2D eigenvalue weighted by Gasteiger charge is -2.22. The van der Waals surface area contributed by atoms with E-state index in [4.69, 9.17) is 4.74 Å². The summed E-state index contributed by atoms with van der Waals surface area (Å²) in [7, 11) is 1.59. The zero-order valence-electron chi connectivity index (χ0n) is 15.0. The van der Waals surface area contributed by atoms with Gasteiger partial charge in [0.05, 0.1) is 12.6 Å². The van der Waals surface area contributed by atoms with Crippen LogP contribution in [0.15, 0.2) is 48.5 Å². The van der Waals surface area contributed by atoms with Gasteiger partial charge in [-0.2, -0.15) is 8.78 Å². The van der Waals surface area contributed by atoms with E-state index in [1.54, 1.807) is 38.2 Å². The van der Waals surface area contributed by atoms with Gasteiger partial charge in [0.25, 0.3) is 0 Å². The first-order chi connectivity index (χ1) is 12.9. The Morgan fingerprint density at radius 1 is 1.15 bits per heavy atom. The lowest BCUT2D eigenvalue weighted by molar-refractivity contribution is -0.0498. The lowest BCUT2D eigenvalue weighted by atomic mass is 10.1. The number of benzene rings is 2. The van der Waals surface area contributed by atoms with Gasteiger partial charge in [0.15, 0.2) is 11.6 Å². The number of hydrogen-bond donors (Lipinski definition) is 1. The van der Waals surface area contributed by atoms with Crippen LogP contribution in [-0.4, -0.2) is 37.7 Å². The molecule has 0 bridgehead atoms. The van der Waals surface area contributed by atoms with Crippen molar-refractivity contribution >= 4 is 6.03 Å². The fourth-order valence-electron chi connectivity index (χ4n) is 2.27. The number of rotatable bonds is 8. The molecule has 1 atom stereocenters. The summed E-state index contributed by atoms with van der Waals surface area (Å²) >= 11 is 0. The number of amides is 2. The molecule has 0 spiro atoms. The van der Waals surface area contributed by atoms with Crippen LogP contribution in [0, 0.1) is 5.82 Å². The number of ether oxygens (including phenoxy) is 2. The molecule has 2 rings (SSSR count). The van der Waals surface area contributed by atoms with Crippen LogP contribution in [0.3, 0.4) is 0 Å². The van der Waals surface area contributed by atoms with Crippen LogP contribution in [-0.2, 0) is 0 Å². The third kappa shape index (κ3) is 6.40. The van der Waals surface area contributed by atoms with E-state index < -0.39 is 12.4 Å². The summed E-state index contributed by atoms with van der Waals surface area (Å²) in [5.41, 5.74) is 0.737. The fourth-order valence-corrected chi connectivity index (χ4v) is 2.27. The van der Waals surface area contributed by atoms with Gasteiger partial charge in [-0.3, -0.25) is 0 Å². The Kier molecular flexibility index (Phi) is 7.34. The molecule has 0 radical (unpaired) electrons. The first-order valence-electron chi connectivity index (χ1n) is 8.30. The number of hydrogen-bond acceptors (Lipinski definition) is 3. The topological polar surface area (TPSA) is 50.8 Å². The fraction of sp³-hybridized carbons (Fsp3) is 0.316. The standard InChI is InChI=1S/C19H21F3N2O3/c1-13(14-7-9-15(10-8-14)27-18(21)22)23-19(25)24(2)11-12-26-17-6-4-3-5-16(17)20/h3-10,13,18H,11-12H2,1-2H3,(H,23,25). The number of alkyl halides is 2. The zero-order chi connectivity index (χ0) is 19.8. The number of halogens is 3. The molecule has 1 N–H and O–H groups in total. The molecule has 2 amide bonds. The van der Waals surface area contributed by atoms with Gasteiger partial charge in [0, 0.05) is 7.05 Å². The summed E-state index contributed by atoms with van der Waals surface area (Å²) in [5, 5.41) is 2.78. The minimum absolute atomic E-state index is 0.0506. The van der Waals surface area contributed by atoms with E-state index in [1.165, 1.54) is 29.2 Å². The smallest absolute Gasteiger partial charge is 0.387 e. The van der Waals surface area contributed by atoms with Gasteiger partial charge < -0.3 is 19.7 Å². The summed E-state index contributed by atoms with van der Waals surface area (Å²) in [6.45, 7) is -0.717. The molecule has 0 saturated carbocycles. The van der Waals surface area contributed by atoms with Crippen molar-refractivity contribution in [2.24, 2.45) is 0 Å². The monoisotopic (exact) mass is 382 g/mol. The highest BCUT2D eigenvalue weighted by molar-refractivity contribution is 5.74. The van der Waals surface area contributed by atoms with Crippen molar-refractivity contribution in [3.05, 3.63) is 59.9 Å². The van der Waals surface area contributed by atoms with E-state index in [0.29, 0.717) is 0 Å². The highest BCUT2D eigenvalue weighted by Crippen LogP contribution is 2.19. The molecule has 0 fully saturated rings. The number of nitrogens with zero attached hydrogens (tertiary/aromatic N) is 1. The SMILES string of the molecule is CC(NC(=O)N(C)CCOc1ccccc1F)c1ccc(OC(F)F)cc1. The van der Waals surface area contributed by atoms with Crippen molar-refractivity contribution in [2.75, 3.05) is 20.2 Å². The second-order valence-corrected chi connectivity index (χ2v) is 5.82. The van der Waals surface area contributed by atoms with Gasteiger partial charge in [0.1, 0.15) is 12.4 Å². The summed E-state index contributed by atoms with van der Waals surface area (Å²) in [4.78, 5) is 13.6. The molecular formula is C19H21F3N2O3. The molecule has 5 nitrogen and oxygen atoms in total. The normalized spacial score (nSPS) is 11.8. The Labute approximate surface area is 155 Å². The zero-order valence-corrected chi connectivity index (χ0v) is 15.0. The van der Waals surface area contributed by atoms with Gasteiger partial charge in [-0.1, -0.05) is 24.3 Å². The number of likely N-dealkylation sites (N-methyl/N-ethyl adjacent to an activating group) is 1. The predicted octanol–water partition coefficient (Wildman–Crippen LogP) is 4.21. The summed E-state index contributed by atoms with van der Waals surface area (Å²) in [6.07, 6.45) is 0. The average Bonchev–Trinajstić information content (AvgIpc) is 2.63. The van der Waals surface area contributed by atoms with E-state index in [0.717, 1.165) is 5.56 Å². The van der Waals surface area contributed by atoms with Crippen LogP contribution in [0.5, 0.6) is 11.5 Å². The molecule has 146 valence electrons. The van der Waals surface area contributed by atoms with E-state index in [-0.39, 0.29) is 36.7 Å². The van der Waals surface area contributed by atoms with E-state index in [1.807, 2.05) is 0 Å². The Hall–Kier alpha value is -2.90. The molecule has 2 aromatic rings. The third-order valence-corrected chi connectivity index (χ3v) is 3.81. The third-order valence-electron chi connectivity index (χ3n) is 3.81. The Morgan fingerprint density at radius 3 is 2.44 bits per heavy atom. The van der Waals surface area contributed by atoms with Gasteiger partial charge in [-0.25, -0.2) is 9.18 Å². The quantitative estimate of drug-likeness (QED) is 0.744.